The van der Waals surface area contributed by atoms with Crippen molar-refractivity contribution in [1.29, 1.82) is 0 Å². The Labute approximate surface area is 367 Å². The highest BCUT2D eigenvalue weighted by molar-refractivity contribution is 6.08. The zero-order valence-electron chi connectivity index (χ0n) is 37.2. The number of carbonyl (C=O) groups is 2. The van der Waals surface area contributed by atoms with Gasteiger partial charge in [0, 0.05) is 68.8 Å². The van der Waals surface area contributed by atoms with E-state index in [2.05, 4.69) is 62.5 Å². The number of carboxylic acid groups (broad SMARTS) is 1. The summed E-state index contributed by atoms with van der Waals surface area (Å²) < 4.78 is 4.32. The lowest BCUT2D eigenvalue weighted by molar-refractivity contribution is 0.0697. The second kappa shape index (κ2) is 19.6. The van der Waals surface area contributed by atoms with Gasteiger partial charge in [-0.25, -0.2) is 4.79 Å². The highest BCUT2D eigenvalue weighted by Gasteiger charge is 2.24. The molecular weight excluding hydrogens is 789 g/mol. The molecule has 1 amide bonds. The Morgan fingerprint density at radius 3 is 1.43 bits per heavy atom. The number of pyridine rings is 2. The first kappa shape index (κ1) is 45.3. The number of nitrogens with one attached hydrogen (secondary N) is 3. The number of aromatic nitrogens is 4. The molecule has 11 heteroatoms. The van der Waals surface area contributed by atoms with Crippen molar-refractivity contribution in [3.05, 3.63) is 209 Å². The molecule has 0 bridgehead atoms. The van der Waals surface area contributed by atoms with E-state index in [0.29, 0.717) is 28.8 Å². The third kappa shape index (κ3) is 9.64. The number of aryl methyl sites for hydroxylation is 4. The minimum Gasteiger partial charge on any atom is -0.478 e. The maximum absolute atomic E-state index is 13.3. The van der Waals surface area contributed by atoms with Crippen LogP contribution < -0.4 is 22.2 Å². The fourth-order valence-corrected chi connectivity index (χ4v) is 8.59. The average molecular weight is 845 g/mol. The van der Waals surface area contributed by atoms with E-state index in [4.69, 9.17) is 5.73 Å². The summed E-state index contributed by atoms with van der Waals surface area (Å²) in [6.45, 7) is 16.1. The molecular formula is C52H56N6O5. The van der Waals surface area contributed by atoms with E-state index in [1.54, 1.807) is 0 Å². The summed E-state index contributed by atoms with van der Waals surface area (Å²) in [6.07, 6.45) is 0. The van der Waals surface area contributed by atoms with Gasteiger partial charge < -0.3 is 35.3 Å². The quantitative estimate of drug-likeness (QED) is 0.0970. The van der Waals surface area contributed by atoms with E-state index in [9.17, 15) is 24.3 Å². The predicted molar refractivity (Wildman–Crippen MR) is 253 cm³/mol. The van der Waals surface area contributed by atoms with Crippen LogP contribution in [0.1, 0.15) is 103 Å². The Balaban J connectivity index is 0.000000177. The van der Waals surface area contributed by atoms with E-state index < -0.39 is 5.97 Å². The number of nitrogens with zero attached hydrogens (tertiary/aromatic N) is 2. The van der Waals surface area contributed by atoms with Gasteiger partial charge in [0.25, 0.3) is 17.0 Å². The molecule has 0 radical (unpaired) electrons. The zero-order valence-corrected chi connectivity index (χ0v) is 37.2. The van der Waals surface area contributed by atoms with Crippen LogP contribution in [0.15, 0.2) is 131 Å². The molecule has 2 atom stereocenters. The number of aromatic amines is 2. The van der Waals surface area contributed by atoms with Crippen LogP contribution in [0.5, 0.6) is 0 Å². The van der Waals surface area contributed by atoms with Gasteiger partial charge in [-0.1, -0.05) is 97.1 Å². The Morgan fingerprint density at radius 2 is 1.00 bits per heavy atom. The third-order valence-corrected chi connectivity index (χ3v) is 11.7. The SMILES string of the molecule is Cc1c(C(=O)O)c2ccccc2n1C(C)c1ccccc1.Cc1cc(C)c(CN)c(=O)[nH]1.Cc1cc(C)c(CNC(=O)c2c(C)n(C(C)c3ccccc3)c3ccccc23)c(=O)[nH]1. The van der Waals surface area contributed by atoms with Crippen LogP contribution in [0.2, 0.25) is 0 Å². The molecule has 0 saturated carbocycles. The van der Waals surface area contributed by atoms with Crippen molar-refractivity contribution in [2.24, 2.45) is 5.73 Å². The number of amides is 1. The highest BCUT2D eigenvalue weighted by Crippen LogP contribution is 2.33. The largest absolute Gasteiger partial charge is 0.478 e. The number of nitrogens with two attached hydrogens (primary N) is 1. The molecule has 4 aromatic carbocycles. The summed E-state index contributed by atoms with van der Waals surface area (Å²) in [6, 6.07) is 40.1. The van der Waals surface area contributed by atoms with Gasteiger partial charge in [-0.3, -0.25) is 14.4 Å². The fourth-order valence-electron chi connectivity index (χ4n) is 8.59. The molecule has 0 aliphatic heterocycles. The second-order valence-corrected chi connectivity index (χ2v) is 15.9. The summed E-state index contributed by atoms with van der Waals surface area (Å²) in [4.78, 5) is 53.9. The number of para-hydroxylation sites is 2. The van der Waals surface area contributed by atoms with Crippen LogP contribution >= 0.6 is 0 Å². The van der Waals surface area contributed by atoms with Crippen molar-refractivity contribution in [2.45, 2.75) is 80.6 Å². The van der Waals surface area contributed by atoms with Crippen LogP contribution in [0.25, 0.3) is 21.8 Å². The molecule has 4 aromatic heterocycles. The lowest BCUT2D eigenvalue weighted by atomic mass is 10.1. The van der Waals surface area contributed by atoms with Gasteiger partial charge in [0.1, 0.15) is 0 Å². The minimum atomic E-state index is -0.872. The molecule has 2 unspecified atom stereocenters. The van der Waals surface area contributed by atoms with Crippen molar-refractivity contribution in [3.63, 3.8) is 0 Å². The monoisotopic (exact) mass is 844 g/mol. The van der Waals surface area contributed by atoms with E-state index >= 15 is 0 Å². The molecule has 63 heavy (non-hydrogen) atoms. The van der Waals surface area contributed by atoms with E-state index in [1.807, 2.05) is 139 Å². The van der Waals surface area contributed by atoms with E-state index in [1.165, 1.54) is 11.1 Å². The lowest BCUT2D eigenvalue weighted by Gasteiger charge is -2.18. The van der Waals surface area contributed by atoms with Gasteiger partial charge in [-0.2, -0.15) is 0 Å². The fraction of sp³-hybridized carbons (Fsp3) is 0.231. The van der Waals surface area contributed by atoms with Crippen molar-refractivity contribution < 1.29 is 14.7 Å². The Hall–Kier alpha value is -7.24. The van der Waals surface area contributed by atoms with Gasteiger partial charge in [-0.15, -0.1) is 0 Å². The first-order chi connectivity index (χ1) is 30.1. The number of fused-ring (bicyclic) bond motifs is 2. The minimum absolute atomic E-state index is 0.0648. The topological polar surface area (TPSA) is 168 Å². The molecule has 8 rings (SSSR count). The van der Waals surface area contributed by atoms with Gasteiger partial charge in [0.2, 0.25) is 0 Å². The summed E-state index contributed by atoms with van der Waals surface area (Å²) in [5.74, 6) is -1.05. The number of hydrogen-bond acceptors (Lipinski definition) is 5. The molecule has 324 valence electrons. The molecule has 11 nitrogen and oxygen atoms in total. The summed E-state index contributed by atoms with van der Waals surface area (Å²) in [5, 5.41) is 14.2. The van der Waals surface area contributed by atoms with Gasteiger partial charge in [0.05, 0.1) is 23.2 Å². The summed E-state index contributed by atoms with van der Waals surface area (Å²) in [5.41, 5.74) is 17.0. The molecule has 0 fully saturated rings. The normalized spacial score (nSPS) is 11.9. The standard InChI is InChI=1S/C26H27N3O2.C18H17NO2.C8H12N2O/c1-16-14-17(2)28-25(30)22(16)15-27-26(31)24-19(4)29(23-13-9-8-12-21(23)24)18(3)20-10-6-5-7-11-20;1-12(14-8-4-3-5-9-14)19-13(2)17(18(20)21)15-10-6-7-11-16(15)19;1-5-3-6(2)10-8(11)7(5)4-9/h5-14,18H,15H2,1-4H3,(H,27,31)(H,28,30);3-12H,1-2H3,(H,20,21);3H,4,9H2,1-2H3,(H,10,11). The molecule has 0 aliphatic rings. The van der Waals surface area contributed by atoms with Crippen LogP contribution in [0, 0.1) is 41.5 Å². The number of aromatic carboxylic acids is 1. The molecule has 4 heterocycles. The Morgan fingerprint density at radius 1 is 0.603 bits per heavy atom. The average Bonchev–Trinajstić information content (AvgIpc) is 3.73. The lowest BCUT2D eigenvalue weighted by Crippen LogP contribution is -2.28. The number of rotatable bonds is 9. The molecule has 0 spiro atoms. The first-order valence-corrected chi connectivity index (χ1v) is 21.0. The number of hydrogen-bond donors (Lipinski definition) is 5. The van der Waals surface area contributed by atoms with Crippen LogP contribution in [-0.4, -0.2) is 36.1 Å². The second-order valence-electron chi connectivity index (χ2n) is 15.9. The van der Waals surface area contributed by atoms with Gasteiger partial charge in [-0.05, 0) is 102 Å². The zero-order chi connectivity index (χ0) is 45.5. The van der Waals surface area contributed by atoms with Crippen molar-refractivity contribution in [2.75, 3.05) is 0 Å². The van der Waals surface area contributed by atoms with Crippen LogP contribution in [-0.2, 0) is 13.1 Å². The maximum Gasteiger partial charge on any atom is 0.338 e. The van der Waals surface area contributed by atoms with E-state index in [-0.39, 0.29) is 35.7 Å². The van der Waals surface area contributed by atoms with Crippen molar-refractivity contribution in [3.8, 4) is 0 Å². The molecule has 8 aromatic rings. The van der Waals surface area contributed by atoms with Crippen molar-refractivity contribution in [1.82, 2.24) is 24.4 Å². The van der Waals surface area contributed by atoms with Crippen LogP contribution in [0.4, 0.5) is 0 Å². The van der Waals surface area contributed by atoms with Gasteiger partial charge >= 0.3 is 5.97 Å². The first-order valence-electron chi connectivity index (χ1n) is 21.0. The van der Waals surface area contributed by atoms with E-state index in [0.717, 1.165) is 55.7 Å². The molecule has 0 aliphatic carbocycles. The predicted octanol–water partition coefficient (Wildman–Crippen LogP) is 9.50. The number of carbonyl (C=O) groups excluding carboxylic acids is 1. The molecule has 0 saturated heterocycles. The summed E-state index contributed by atoms with van der Waals surface area (Å²) in [7, 11) is 0. The van der Waals surface area contributed by atoms with Gasteiger partial charge in [0.15, 0.2) is 0 Å². The Bertz CT molecular complexity index is 3030. The number of benzene rings is 4. The maximum atomic E-state index is 13.3. The third-order valence-electron chi connectivity index (χ3n) is 11.7. The number of carboxylic acids is 1. The number of H-pyrrole nitrogens is 2. The molecule has 6 N–H and O–H groups in total. The summed E-state index contributed by atoms with van der Waals surface area (Å²) >= 11 is 0. The highest BCUT2D eigenvalue weighted by atomic mass is 16.4. The van der Waals surface area contributed by atoms with Crippen LogP contribution in [0.3, 0.4) is 0 Å². The smallest absolute Gasteiger partial charge is 0.338 e. The Kier molecular flexibility index (Phi) is 14.1. The van der Waals surface area contributed by atoms with Crippen molar-refractivity contribution >= 4 is 33.7 Å².